The van der Waals surface area contributed by atoms with Gasteiger partial charge in [0, 0.05) is 30.3 Å². The minimum Gasteiger partial charge on any atom is -0.485 e. The fourth-order valence-corrected chi connectivity index (χ4v) is 2.99. The SMILES string of the molecule is CC(C)(Oc1ccc(Cl)cc1)C(=O)N1CCC(Oc2ccncc2F)C1. The molecule has 138 valence electrons. The molecule has 5 nitrogen and oxygen atoms in total. The van der Waals surface area contributed by atoms with Crippen LogP contribution in [-0.4, -0.2) is 40.6 Å². The molecule has 1 atom stereocenters. The Labute approximate surface area is 156 Å². The molecule has 0 bridgehead atoms. The number of amides is 1. The van der Waals surface area contributed by atoms with Gasteiger partial charge in [0.25, 0.3) is 5.91 Å². The number of benzene rings is 1. The van der Waals surface area contributed by atoms with Crippen molar-refractivity contribution in [3.8, 4) is 11.5 Å². The van der Waals surface area contributed by atoms with Gasteiger partial charge in [-0.2, -0.15) is 0 Å². The maximum Gasteiger partial charge on any atom is 0.266 e. The predicted octanol–water partition coefficient (Wildman–Crippen LogP) is 3.71. The van der Waals surface area contributed by atoms with E-state index in [1.54, 1.807) is 43.0 Å². The van der Waals surface area contributed by atoms with Crippen LogP contribution in [0.25, 0.3) is 0 Å². The number of hydrogen-bond acceptors (Lipinski definition) is 4. The number of rotatable bonds is 5. The third-order valence-corrected chi connectivity index (χ3v) is 4.41. The molecule has 1 saturated heterocycles. The highest BCUT2D eigenvalue weighted by Gasteiger charge is 2.38. The van der Waals surface area contributed by atoms with E-state index in [-0.39, 0.29) is 17.8 Å². The van der Waals surface area contributed by atoms with Crippen molar-refractivity contribution in [1.29, 1.82) is 0 Å². The number of carbonyl (C=O) groups excluding carboxylic acids is 1. The lowest BCUT2D eigenvalue weighted by Crippen LogP contribution is -2.48. The predicted molar refractivity (Wildman–Crippen MR) is 96.0 cm³/mol. The zero-order chi connectivity index (χ0) is 18.7. The quantitative estimate of drug-likeness (QED) is 0.795. The largest absolute Gasteiger partial charge is 0.485 e. The first-order valence-corrected chi connectivity index (χ1v) is 8.73. The van der Waals surface area contributed by atoms with Gasteiger partial charge in [-0.1, -0.05) is 11.6 Å². The lowest BCUT2D eigenvalue weighted by Gasteiger charge is -2.30. The molecular weight excluding hydrogens is 359 g/mol. The van der Waals surface area contributed by atoms with Crippen molar-refractivity contribution in [2.75, 3.05) is 13.1 Å². The molecule has 26 heavy (non-hydrogen) atoms. The van der Waals surface area contributed by atoms with Gasteiger partial charge in [0.05, 0.1) is 12.7 Å². The third kappa shape index (κ3) is 4.25. The number of likely N-dealkylation sites (tertiary alicyclic amines) is 1. The number of nitrogens with zero attached hydrogens (tertiary/aromatic N) is 2. The van der Waals surface area contributed by atoms with Crippen molar-refractivity contribution in [3.63, 3.8) is 0 Å². The molecule has 2 heterocycles. The number of halogens is 2. The number of hydrogen-bond donors (Lipinski definition) is 0. The van der Waals surface area contributed by atoms with Crippen LogP contribution in [-0.2, 0) is 4.79 Å². The lowest BCUT2D eigenvalue weighted by molar-refractivity contribution is -0.144. The van der Waals surface area contributed by atoms with Crippen LogP contribution in [0, 0.1) is 5.82 Å². The summed E-state index contributed by atoms with van der Waals surface area (Å²) in [6.07, 6.45) is 2.95. The Hall–Kier alpha value is -2.34. The summed E-state index contributed by atoms with van der Waals surface area (Å²) in [4.78, 5) is 18.2. The number of pyridine rings is 1. The van der Waals surface area contributed by atoms with E-state index in [2.05, 4.69) is 4.98 Å². The van der Waals surface area contributed by atoms with Gasteiger partial charge in [-0.25, -0.2) is 4.39 Å². The fourth-order valence-electron chi connectivity index (χ4n) is 2.87. The van der Waals surface area contributed by atoms with Crippen LogP contribution in [0.1, 0.15) is 20.3 Å². The monoisotopic (exact) mass is 378 g/mol. The Morgan fingerprint density at radius 2 is 2.04 bits per heavy atom. The topological polar surface area (TPSA) is 51.7 Å². The molecule has 1 fully saturated rings. The van der Waals surface area contributed by atoms with Crippen LogP contribution >= 0.6 is 11.6 Å². The number of carbonyl (C=O) groups is 1. The van der Waals surface area contributed by atoms with Gasteiger partial charge in [0.2, 0.25) is 0 Å². The standard InChI is InChI=1S/C19H20ClFN2O3/c1-19(2,26-14-5-3-13(20)4-6-14)18(24)23-10-8-15(12-23)25-17-7-9-22-11-16(17)21/h3-7,9,11,15H,8,10,12H2,1-2H3. The Balaban J connectivity index is 1.61. The maximum absolute atomic E-state index is 13.7. The van der Waals surface area contributed by atoms with E-state index in [4.69, 9.17) is 21.1 Å². The summed E-state index contributed by atoms with van der Waals surface area (Å²) in [5.74, 6) is 0.0620. The lowest BCUT2D eigenvalue weighted by atomic mass is 10.1. The van der Waals surface area contributed by atoms with E-state index in [1.807, 2.05) is 0 Å². The smallest absolute Gasteiger partial charge is 0.266 e. The van der Waals surface area contributed by atoms with E-state index >= 15 is 0 Å². The summed E-state index contributed by atoms with van der Waals surface area (Å²) in [7, 11) is 0. The average molecular weight is 379 g/mol. The molecule has 3 rings (SSSR count). The van der Waals surface area contributed by atoms with Crippen LogP contribution in [0.5, 0.6) is 11.5 Å². The molecule has 1 aromatic heterocycles. The average Bonchev–Trinajstić information content (AvgIpc) is 3.06. The highest BCUT2D eigenvalue weighted by Crippen LogP contribution is 2.25. The van der Waals surface area contributed by atoms with Gasteiger partial charge in [0.15, 0.2) is 17.2 Å². The minimum atomic E-state index is -1.04. The van der Waals surface area contributed by atoms with Gasteiger partial charge < -0.3 is 14.4 Å². The molecule has 1 aliphatic rings. The van der Waals surface area contributed by atoms with Crippen LogP contribution in [0.2, 0.25) is 5.02 Å². The Kier molecular flexibility index (Phi) is 5.32. The molecule has 1 amide bonds. The van der Waals surface area contributed by atoms with Crippen LogP contribution in [0.3, 0.4) is 0 Å². The normalized spacial score (nSPS) is 17.2. The van der Waals surface area contributed by atoms with Crippen molar-refractivity contribution in [2.24, 2.45) is 0 Å². The Bertz CT molecular complexity index is 783. The van der Waals surface area contributed by atoms with E-state index < -0.39 is 11.4 Å². The zero-order valence-electron chi connectivity index (χ0n) is 14.6. The maximum atomic E-state index is 13.7. The zero-order valence-corrected chi connectivity index (χ0v) is 15.4. The van der Waals surface area contributed by atoms with Crippen molar-refractivity contribution < 1.29 is 18.7 Å². The van der Waals surface area contributed by atoms with Gasteiger partial charge in [0.1, 0.15) is 11.9 Å². The van der Waals surface area contributed by atoms with Gasteiger partial charge in [-0.3, -0.25) is 9.78 Å². The second-order valence-electron chi connectivity index (χ2n) is 6.65. The summed E-state index contributed by atoms with van der Waals surface area (Å²) in [6, 6.07) is 8.34. The van der Waals surface area contributed by atoms with E-state index in [9.17, 15) is 9.18 Å². The number of ether oxygens (including phenoxy) is 2. The summed E-state index contributed by atoms with van der Waals surface area (Å²) in [5, 5.41) is 0.601. The van der Waals surface area contributed by atoms with Crippen LogP contribution in [0.15, 0.2) is 42.7 Å². The minimum absolute atomic E-state index is 0.145. The Morgan fingerprint density at radius 3 is 2.73 bits per heavy atom. The molecule has 0 saturated carbocycles. The molecule has 2 aromatic rings. The number of aromatic nitrogens is 1. The molecular formula is C19H20ClFN2O3. The Morgan fingerprint density at radius 1 is 1.31 bits per heavy atom. The second-order valence-corrected chi connectivity index (χ2v) is 7.09. The first-order valence-electron chi connectivity index (χ1n) is 8.35. The molecule has 0 spiro atoms. The fraction of sp³-hybridized carbons (Fsp3) is 0.368. The first-order chi connectivity index (χ1) is 12.3. The highest BCUT2D eigenvalue weighted by molar-refractivity contribution is 6.30. The molecule has 7 heteroatoms. The first kappa shape index (κ1) is 18.5. The van der Waals surface area contributed by atoms with Crippen molar-refractivity contribution >= 4 is 17.5 Å². The van der Waals surface area contributed by atoms with Gasteiger partial charge >= 0.3 is 0 Å². The summed E-state index contributed by atoms with van der Waals surface area (Å²) in [6.45, 7) is 4.36. The van der Waals surface area contributed by atoms with Crippen molar-refractivity contribution in [2.45, 2.75) is 32.0 Å². The summed E-state index contributed by atoms with van der Waals surface area (Å²) in [5.41, 5.74) is -1.04. The van der Waals surface area contributed by atoms with E-state index in [0.29, 0.717) is 30.3 Å². The van der Waals surface area contributed by atoms with E-state index in [0.717, 1.165) is 6.20 Å². The summed E-state index contributed by atoms with van der Waals surface area (Å²) >= 11 is 5.87. The van der Waals surface area contributed by atoms with Gasteiger partial charge in [-0.15, -0.1) is 0 Å². The van der Waals surface area contributed by atoms with Gasteiger partial charge in [-0.05, 0) is 38.1 Å². The molecule has 0 radical (unpaired) electrons. The molecule has 0 N–H and O–H groups in total. The van der Waals surface area contributed by atoms with Crippen molar-refractivity contribution in [3.05, 3.63) is 53.6 Å². The molecule has 1 aliphatic heterocycles. The second kappa shape index (κ2) is 7.50. The van der Waals surface area contributed by atoms with Crippen molar-refractivity contribution in [1.82, 2.24) is 9.88 Å². The third-order valence-electron chi connectivity index (χ3n) is 4.16. The van der Waals surface area contributed by atoms with Crippen LogP contribution < -0.4 is 9.47 Å². The van der Waals surface area contributed by atoms with Crippen LogP contribution in [0.4, 0.5) is 4.39 Å². The molecule has 1 unspecified atom stereocenters. The van der Waals surface area contributed by atoms with E-state index in [1.165, 1.54) is 12.3 Å². The molecule has 0 aliphatic carbocycles. The highest BCUT2D eigenvalue weighted by atomic mass is 35.5. The molecule has 1 aromatic carbocycles. The summed E-state index contributed by atoms with van der Waals surface area (Å²) < 4.78 is 25.2.